The summed E-state index contributed by atoms with van der Waals surface area (Å²) in [6.07, 6.45) is 0.745. The Kier molecular flexibility index (Phi) is 5.16. The minimum absolute atomic E-state index is 0.0237. The highest BCUT2D eigenvalue weighted by atomic mass is 16.5. The summed E-state index contributed by atoms with van der Waals surface area (Å²) in [5.41, 5.74) is 1.90. The van der Waals surface area contributed by atoms with E-state index in [0.29, 0.717) is 24.8 Å². The topological polar surface area (TPSA) is 64.5 Å². The lowest BCUT2D eigenvalue weighted by Gasteiger charge is -2.18. The molecular weight excluding hydrogens is 318 g/mol. The molecule has 0 spiro atoms. The fraction of sp³-hybridized carbons (Fsp3) is 0.421. The molecular formula is C19H23N3O3. The molecule has 132 valence electrons. The average molecular weight is 341 g/mol. The highest BCUT2D eigenvalue weighted by molar-refractivity contribution is 5.78. The molecule has 6 nitrogen and oxygen atoms in total. The first-order chi connectivity index (χ1) is 12.0. The van der Waals surface area contributed by atoms with Gasteiger partial charge in [-0.05, 0) is 32.4 Å². The summed E-state index contributed by atoms with van der Waals surface area (Å²) in [6.45, 7) is 6.98. The van der Waals surface area contributed by atoms with E-state index in [-0.39, 0.29) is 18.6 Å². The van der Waals surface area contributed by atoms with Crippen LogP contribution in [0.2, 0.25) is 0 Å². The lowest BCUT2D eigenvalue weighted by Crippen LogP contribution is -2.34. The molecule has 1 aliphatic rings. The van der Waals surface area contributed by atoms with Crippen LogP contribution >= 0.6 is 0 Å². The van der Waals surface area contributed by atoms with Gasteiger partial charge in [0.1, 0.15) is 17.7 Å². The second kappa shape index (κ2) is 7.51. The average Bonchev–Trinajstić information content (AvgIpc) is 3.01. The van der Waals surface area contributed by atoms with Gasteiger partial charge in [-0.25, -0.2) is 4.98 Å². The highest BCUT2D eigenvalue weighted by Gasteiger charge is 2.28. The summed E-state index contributed by atoms with van der Waals surface area (Å²) in [6, 6.07) is 9.50. The standard InChI is InChI=1S/C19H23N3O3/c1-13-6-4-5-7-17(13)24-12-19(23)22-9-8-16(11-22)25-18-10-14(2)20-15(3)21-18/h4-7,10,16H,8-9,11-12H2,1-3H3. The van der Waals surface area contributed by atoms with Crippen LogP contribution in [0.15, 0.2) is 30.3 Å². The number of nitrogens with zero attached hydrogens (tertiary/aromatic N) is 3. The van der Waals surface area contributed by atoms with Gasteiger partial charge in [0, 0.05) is 24.7 Å². The number of rotatable bonds is 5. The SMILES string of the molecule is Cc1cc(OC2CCN(C(=O)COc3ccccc3C)C2)nc(C)n1. The highest BCUT2D eigenvalue weighted by Crippen LogP contribution is 2.19. The van der Waals surface area contributed by atoms with E-state index in [0.717, 1.165) is 23.4 Å². The van der Waals surface area contributed by atoms with Crippen molar-refractivity contribution in [2.45, 2.75) is 33.3 Å². The second-order valence-electron chi connectivity index (χ2n) is 6.32. The molecule has 0 radical (unpaired) electrons. The van der Waals surface area contributed by atoms with Crippen LogP contribution in [-0.2, 0) is 4.79 Å². The van der Waals surface area contributed by atoms with E-state index in [2.05, 4.69) is 9.97 Å². The van der Waals surface area contributed by atoms with Gasteiger partial charge in [-0.15, -0.1) is 0 Å². The Morgan fingerprint density at radius 1 is 1.24 bits per heavy atom. The Labute approximate surface area is 147 Å². The van der Waals surface area contributed by atoms with Crippen molar-refractivity contribution in [3.63, 3.8) is 0 Å². The Balaban J connectivity index is 1.52. The molecule has 25 heavy (non-hydrogen) atoms. The van der Waals surface area contributed by atoms with Crippen molar-refractivity contribution in [1.29, 1.82) is 0 Å². The summed E-state index contributed by atoms with van der Waals surface area (Å²) in [5.74, 6) is 1.98. The molecule has 1 amide bonds. The molecule has 1 aromatic carbocycles. The van der Waals surface area contributed by atoms with Gasteiger partial charge in [0.15, 0.2) is 6.61 Å². The Bertz CT molecular complexity index is 743. The maximum absolute atomic E-state index is 12.4. The van der Waals surface area contributed by atoms with E-state index in [1.54, 1.807) is 4.90 Å². The summed E-state index contributed by atoms with van der Waals surface area (Å²) in [7, 11) is 0. The third-order valence-electron chi connectivity index (χ3n) is 4.17. The minimum atomic E-state index is -0.0453. The van der Waals surface area contributed by atoms with E-state index in [1.807, 2.05) is 51.1 Å². The molecule has 3 rings (SSSR count). The smallest absolute Gasteiger partial charge is 0.260 e. The minimum Gasteiger partial charge on any atom is -0.484 e. The third-order valence-corrected chi connectivity index (χ3v) is 4.17. The molecule has 0 aliphatic carbocycles. The van der Waals surface area contributed by atoms with Crippen LogP contribution in [0.5, 0.6) is 11.6 Å². The van der Waals surface area contributed by atoms with Crippen LogP contribution in [0.25, 0.3) is 0 Å². The zero-order chi connectivity index (χ0) is 17.8. The maximum Gasteiger partial charge on any atom is 0.260 e. The van der Waals surface area contributed by atoms with Gasteiger partial charge in [-0.2, -0.15) is 4.98 Å². The number of para-hydroxylation sites is 1. The zero-order valence-electron chi connectivity index (χ0n) is 14.9. The van der Waals surface area contributed by atoms with E-state index < -0.39 is 0 Å². The first-order valence-electron chi connectivity index (χ1n) is 8.46. The lowest BCUT2D eigenvalue weighted by molar-refractivity contribution is -0.132. The Morgan fingerprint density at radius 3 is 2.80 bits per heavy atom. The quantitative estimate of drug-likeness (QED) is 0.836. The lowest BCUT2D eigenvalue weighted by atomic mass is 10.2. The number of carbonyl (C=O) groups excluding carboxylic acids is 1. The number of likely N-dealkylation sites (tertiary alicyclic amines) is 1. The monoisotopic (exact) mass is 341 g/mol. The molecule has 0 bridgehead atoms. The van der Waals surface area contributed by atoms with E-state index >= 15 is 0 Å². The molecule has 2 heterocycles. The van der Waals surface area contributed by atoms with Crippen molar-refractivity contribution in [3.05, 3.63) is 47.4 Å². The second-order valence-corrected chi connectivity index (χ2v) is 6.32. The Morgan fingerprint density at radius 2 is 2.04 bits per heavy atom. The molecule has 1 aliphatic heterocycles. The van der Waals surface area contributed by atoms with Crippen LogP contribution in [0.3, 0.4) is 0 Å². The molecule has 1 atom stereocenters. The summed E-state index contributed by atoms with van der Waals surface area (Å²) in [4.78, 5) is 22.7. The van der Waals surface area contributed by atoms with Gasteiger partial charge >= 0.3 is 0 Å². The van der Waals surface area contributed by atoms with Crippen LogP contribution in [0.1, 0.15) is 23.5 Å². The van der Waals surface area contributed by atoms with Crippen molar-refractivity contribution in [1.82, 2.24) is 14.9 Å². The maximum atomic E-state index is 12.4. The van der Waals surface area contributed by atoms with Crippen molar-refractivity contribution in [2.75, 3.05) is 19.7 Å². The van der Waals surface area contributed by atoms with Gasteiger partial charge < -0.3 is 14.4 Å². The number of aromatic nitrogens is 2. The molecule has 1 saturated heterocycles. The largest absolute Gasteiger partial charge is 0.484 e. The molecule has 0 N–H and O–H groups in total. The number of benzene rings is 1. The van der Waals surface area contributed by atoms with Crippen molar-refractivity contribution < 1.29 is 14.3 Å². The van der Waals surface area contributed by atoms with Crippen molar-refractivity contribution in [2.24, 2.45) is 0 Å². The molecule has 0 saturated carbocycles. The first kappa shape index (κ1) is 17.2. The molecule has 1 fully saturated rings. The van der Waals surface area contributed by atoms with Gasteiger partial charge in [-0.1, -0.05) is 18.2 Å². The molecule has 1 unspecified atom stereocenters. The van der Waals surface area contributed by atoms with Gasteiger partial charge in [-0.3, -0.25) is 4.79 Å². The van der Waals surface area contributed by atoms with E-state index in [1.165, 1.54) is 0 Å². The predicted molar refractivity (Wildman–Crippen MR) is 93.8 cm³/mol. The van der Waals surface area contributed by atoms with Crippen LogP contribution in [0, 0.1) is 20.8 Å². The number of carbonyl (C=O) groups is 1. The van der Waals surface area contributed by atoms with E-state index in [4.69, 9.17) is 9.47 Å². The number of amides is 1. The summed E-state index contributed by atoms with van der Waals surface area (Å²) < 4.78 is 11.6. The molecule has 6 heteroatoms. The molecule has 1 aromatic heterocycles. The van der Waals surface area contributed by atoms with Crippen molar-refractivity contribution >= 4 is 5.91 Å². The summed E-state index contributed by atoms with van der Waals surface area (Å²) in [5, 5.41) is 0. The number of hydrogen-bond acceptors (Lipinski definition) is 5. The third kappa shape index (κ3) is 4.47. The predicted octanol–water partition coefficient (Wildman–Crippen LogP) is 2.46. The normalized spacial score (nSPS) is 16.8. The fourth-order valence-corrected chi connectivity index (χ4v) is 2.91. The number of aryl methyl sites for hydroxylation is 3. The molecule has 2 aromatic rings. The number of hydrogen-bond donors (Lipinski definition) is 0. The van der Waals surface area contributed by atoms with E-state index in [9.17, 15) is 4.79 Å². The van der Waals surface area contributed by atoms with Crippen molar-refractivity contribution in [3.8, 4) is 11.6 Å². The first-order valence-corrected chi connectivity index (χ1v) is 8.46. The van der Waals surface area contributed by atoms with Crippen LogP contribution in [-0.4, -0.2) is 46.6 Å². The Hall–Kier alpha value is -2.63. The van der Waals surface area contributed by atoms with Gasteiger partial charge in [0.2, 0.25) is 5.88 Å². The van der Waals surface area contributed by atoms with Gasteiger partial charge in [0.25, 0.3) is 5.91 Å². The summed E-state index contributed by atoms with van der Waals surface area (Å²) >= 11 is 0. The van der Waals surface area contributed by atoms with Crippen LogP contribution < -0.4 is 9.47 Å². The van der Waals surface area contributed by atoms with Gasteiger partial charge in [0.05, 0.1) is 6.54 Å². The zero-order valence-corrected chi connectivity index (χ0v) is 14.9. The van der Waals surface area contributed by atoms with Crippen LogP contribution in [0.4, 0.5) is 0 Å². The fourth-order valence-electron chi connectivity index (χ4n) is 2.91. The number of ether oxygens (including phenoxy) is 2.